The van der Waals surface area contributed by atoms with Crippen molar-refractivity contribution in [1.82, 2.24) is 5.32 Å². The Labute approximate surface area is 377 Å². The number of benzene rings is 1. The van der Waals surface area contributed by atoms with Gasteiger partial charge in [0, 0.05) is 24.5 Å². The first-order valence-corrected chi connectivity index (χ1v) is 23.5. The Hall–Kier alpha value is -3.21. The zero-order valence-corrected chi connectivity index (χ0v) is 37.6. The van der Waals surface area contributed by atoms with E-state index in [1.807, 2.05) is 0 Å². The number of nitro benzene ring substituents is 2. The first-order chi connectivity index (χ1) is 30.8. The SMILES string of the molecule is C[C@@H]1CC[C@@]2(OC1)O[C@H]1C[C@H]3[C@@H]4CC=C5C[C@@H](O[C@@H]6O[C@H](CO)[C@@H](O[C@@H]7O[C@@H](C)[C@H](O)[C@@H](O)[C@H]7O)[C@H](O)[C@H]6NC(=O)c6cc([N+](=O)[O-])cc([N+](=O)[O-])c6)CC[C@]5(C)[C@H]4CC[C@]3(C)[C@H]1[C@@H]2C. The second-order valence-corrected chi connectivity index (χ2v) is 21.0. The summed E-state index contributed by atoms with van der Waals surface area (Å²) in [5, 5.41) is 80.1. The summed E-state index contributed by atoms with van der Waals surface area (Å²) in [6.07, 6.45) is -3.21. The van der Waals surface area contributed by atoms with Crippen LogP contribution in [0.15, 0.2) is 29.8 Å². The molecule has 1 aromatic carbocycles. The van der Waals surface area contributed by atoms with E-state index in [2.05, 4.69) is 39.1 Å². The van der Waals surface area contributed by atoms with E-state index < -0.39 is 113 Å². The van der Waals surface area contributed by atoms with Crippen molar-refractivity contribution < 1.29 is 68.6 Å². The van der Waals surface area contributed by atoms with Crippen LogP contribution in [0.1, 0.15) is 103 Å². The summed E-state index contributed by atoms with van der Waals surface area (Å²) >= 11 is 0. The largest absolute Gasteiger partial charge is 0.394 e. The zero-order valence-electron chi connectivity index (χ0n) is 37.6. The number of fused-ring (bicyclic) bond motifs is 7. The Morgan fingerprint density at radius 2 is 1.60 bits per heavy atom. The van der Waals surface area contributed by atoms with Gasteiger partial charge in [-0.15, -0.1) is 0 Å². The summed E-state index contributed by atoms with van der Waals surface area (Å²) < 4.78 is 38.0. The summed E-state index contributed by atoms with van der Waals surface area (Å²) in [7, 11) is 0. The van der Waals surface area contributed by atoms with Crippen LogP contribution >= 0.6 is 0 Å². The van der Waals surface area contributed by atoms with E-state index in [1.54, 1.807) is 0 Å². The van der Waals surface area contributed by atoms with Crippen LogP contribution < -0.4 is 5.32 Å². The molecule has 4 heterocycles. The first kappa shape index (κ1) is 46.9. The van der Waals surface area contributed by atoms with Crippen molar-refractivity contribution in [3.05, 3.63) is 55.6 Å². The van der Waals surface area contributed by atoms with Gasteiger partial charge >= 0.3 is 0 Å². The molecule has 1 aromatic rings. The van der Waals surface area contributed by atoms with Crippen LogP contribution in [-0.4, -0.2) is 134 Å². The van der Waals surface area contributed by atoms with Crippen LogP contribution in [0.3, 0.4) is 0 Å². The number of hydrogen-bond acceptors (Lipinski definition) is 16. The van der Waals surface area contributed by atoms with Crippen molar-refractivity contribution >= 4 is 17.3 Å². The smallest absolute Gasteiger partial charge is 0.277 e. The number of carbonyl (C=O) groups excluding carboxylic acids is 1. The minimum Gasteiger partial charge on any atom is -0.394 e. The van der Waals surface area contributed by atoms with Crippen LogP contribution in [0.4, 0.5) is 11.4 Å². The minimum atomic E-state index is -1.78. The highest BCUT2D eigenvalue weighted by Gasteiger charge is 2.69. The molecule has 4 aliphatic heterocycles. The maximum Gasteiger partial charge on any atom is 0.277 e. The molecule has 65 heavy (non-hydrogen) atoms. The van der Waals surface area contributed by atoms with Gasteiger partial charge in [0.2, 0.25) is 0 Å². The Kier molecular flexibility index (Phi) is 12.5. The van der Waals surface area contributed by atoms with Crippen molar-refractivity contribution in [2.24, 2.45) is 46.3 Å². The van der Waals surface area contributed by atoms with Gasteiger partial charge in [0.25, 0.3) is 17.3 Å². The first-order valence-electron chi connectivity index (χ1n) is 23.5. The van der Waals surface area contributed by atoms with Crippen molar-refractivity contribution in [1.29, 1.82) is 0 Å². The van der Waals surface area contributed by atoms with E-state index in [-0.39, 0.29) is 16.9 Å². The Bertz CT molecular complexity index is 2000. The normalized spacial score (nSPS) is 48.1. The quantitative estimate of drug-likeness (QED) is 0.117. The molecule has 4 saturated heterocycles. The second kappa shape index (κ2) is 17.4. The molecular weight excluding hydrogens is 851 g/mol. The van der Waals surface area contributed by atoms with Gasteiger partial charge in [-0.3, -0.25) is 25.0 Å². The number of nitro groups is 2. The zero-order chi connectivity index (χ0) is 46.5. The number of nitrogens with zero attached hydrogens (tertiary/aromatic N) is 2. The molecule has 4 aliphatic carbocycles. The third kappa shape index (κ3) is 7.93. The van der Waals surface area contributed by atoms with Crippen molar-refractivity contribution in [2.75, 3.05) is 13.2 Å². The summed E-state index contributed by atoms with van der Waals surface area (Å²) in [6.45, 7) is 11.0. The van der Waals surface area contributed by atoms with Crippen LogP contribution in [0.25, 0.3) is 0 Å². The molecule has 1 spiro atoms. The molecule has 1 amide bonds. The third-order valence-corrected chi connectivity index (χ3v) is 17.5. The number of ether oxygens (including phenoxy) is 6. The second-order valence-electron chi connectivity index (χ2n) is 21.0. The molecule has 0 radical (unpaired) electrons. The summed E-state index contributed by atoms with van der Waals surface area (Å²) in [5.74, 6) is 1.32. The maximum atomic E-state index is 13.9. The molecule has 19 nitrogen and oxygen atoms in total. The van der Waals surface area contributed by atoms with Gasteiger partial charge in [-0.05, 0) is 98.7 Å². The molecule has 7 fully saturated rings. The predicted molar refractivity (Wildman–Crippen MR) is 227 cm³/mol. The molecule has 360 valence electrons. The molecule has 0 bridgehead atoms. The highest BCUT2D eigenvalue weighted by atomic mass is 16.7. The summed E-state index contributed by atoms with van der Waals surface area (Å²) in [4.78, 5) is 35.5. The number of non-ortho nitro benzene ring substituents is 2. The van der Waals surface area contributed by atoms with E-state index in [9.17, 15) is 50.6 Å². The lowest BCUT2D eigenvalue weighted by molar-refractivity contribution is -0.394. The van der Waals surface area contributed by atoms with Crippen LogP contribution in [0, 0.1) is 66.6 Å². The van der Waals surface area contributed by atoms with Gasteiger partial charge in [0.1, 0.15) is 42.7 Å². The van der Waals surface area contributed by atoms with Gasteiger partial charge in [-0.2, -0.15) is 0 Å². The van der Waals surface area contributed by atoms with Gasteiger partial charge in [0.05, 0.1) is 53.0 Å². The minimum absolute atomic E-state index is 0.0852. The Morgan fingerprint density at radius 3 is 2.26 bits per heavy atom. The fourth-order valence-electron chi connectivity index (χ4n) is 13.9. The molecule has 0 unspecified atom stereocenters. The number of aliphatic hydroxyl groups excluding tert-OH is 5. The van der Waals surface area contributed by atoms with Crippen molar-refractivity contribution in [3.8, 4) is 0 Å². The molecule has 19 heteroatoms. The monoisotopic (exact) mass is 915 g/mol. The third-order valence-electron chi connectivity index (χ3n) is 17.5. The predicted octanol–water partition coefficient (Wildman–Crippen LogP) is 3.64. The molecule has 8 aliphatic rings. The highest BCUT2D eigenvalue weighted by molar-refractivity contribution is 5.95. The Morgan fingerprint density at radius 1 is 0.877 bits per heavy atom. The van der Waals surface area contributed by atoms with E-state index >= 15 is 0 Å². The number of carbonyl (C=O) groups is 1. The van der Waals surface area contributed by atoms with Gasteiger partial charge < -0.3 is 59.3 Å². The van der Waals surface area contributed by atoms with Gasteiger partial charge in [0.15, 0.2) is 18.4 Å². The lowest BCUT2D eigenvalue weighted by Crippen LogP contribution is -2.67. The lowest BCUT2D eigenvalue weighted by Gasteiger charge is -2.58. The average molecular weight is 916 g/mol. The van der Waals surface area contributed by atoms with Crippen LogP contribution in [-0.2, 0) is 28.4 Å². The molecule has 9 rings (SSSR count). The number of hydrogen-bond donors (Lipinski definition) is 6. The fourth-order valence-corrected chi connectivity index (χ4v) is 13.9. The molecule has 21 atom stereocenters. The Balaban J connectivity index is 0.941. The van der Waals surface area contributed by atoms with E-state index in [0.717, 1.165) is 69.8 Å². The summed E-state index contributed by atoms with van der Waals surface area (Å²) in [6, 6.07) is 0.958. The number of amides is 1. The average Bonchev–Trinajstić information content (AvgIpc) is 3.73. The number of rotatable bonds is 9. The van der Waals surface area contributed by atoms with Crippen molar-refractivity contribution in [2.45, 2.75) is 172 Å². The highest BCUT2D eigenvalue weighted by Crippen LogP contribution is 2.70. The number of nitrogens with one attached hydrogen (secondary N) is 1. The van der Waals surface area contributed by atoms with E-state index in [0.29, 0.717) is 48.3 Å². The van der Waals surface area contributed by atoms with Crippen molar-refractivity contribution in [3.63, 3.8) is 0 Å². The number of aliphatic hydroxyl groups is 5. The molecular formula is C46H65N3O16. The van der Waals surface area contributed by atoms with Gasteiger partial charge in [-0.25, -0.2) is 0 Å². The fraction of sp³-hybridized carbons (Fsp3) is 0.804. The van der Waals surface area contributed by atoms with Crippen LogP contribution in [0.2, 0.25) is 0 Å². The molecule has 3 saturated carbocycles. The van der Waals surface area contributed by atoms with Gasteiger partial charge in [-0.1, -0.05) is 39.3 Å². The molecule has 0 aromatic heterocycles. The van der Waals surface area contributed by atoms with Crippen LogP contribution in [0.5, 0.6) is 0 Å². The maximum absolute atomic E-state index is 13.9. The summed E-state index contributed by atoms with van der Waals surface area (Å²) in [5.41, 5.74) is -0.504. The standard InChI is InChI=1S/C46H65N3O16/c1-21-8-13-46(60-20-21)22(2)34-32(65-46)18-31-29-7-6-25-16-28(9-11-44(25,4)30(29)10-12-45(31,34)5)62-42-35(47-41(55)24-14-26(48(56)57)17-27(15-24)49(58)59)37(52)40(33(19-50)63-42)64-43-39(54)38(53)36(51)23(3)61-43/h6,14-15,17,21-23,28-40,42-43,50-54H,7-13,16,18-20H2,1-5H3,(H,47,55)/t21-,22+,23+,28+,29-,30+,31+,32+,33-,34+,35-,36+,37-,38-,39-,40-,42-,43+,44+,45+,46-/m1/s1. The topological polar surface area (TPSA) is 272 Å². The molecule has 6 N–H and O–H groups in total. The number of allylic oxidation sites excluding steroid dienone is 1. The lowest BCUT2D eigenvalue weighted by atomic mass is 9.47. The van der Waals surface area contributed by atoms with E-state index in [1.165, 1.54) is 12.5 Å². The van der Waals surface area contributed by atoms with E-state index in [4.69, 9.17) is 28.4 Å².